The molecule has 168 valence electrons. The van der Waals surface area contributed by atoms with E-state index in [1.807, 2.05) is 6.92 Å². The topological polar surface area (TPSA) is 59.0 Å². The summed E-state index contributed by atoms with van der Waals surface area (Å²) in [4.78, 5) is 13.9. The average Bonchev–Trinajstić information content (AvgIpc) is 2.63. The highest BCUT2D eigenvalue weighted by atomic mass is 19.4. The van der Waals surface area contributed by atoms with E-state index in [4.69, 9.17) is 4.74 Å². The SMILES string of the molecule is CC(C)(C)OC(=O)N1CC(C)(C(O)(c2ccccc2)c2ccc(OC(F)(F)F)cc2)C1. The second-order valence-corrected chi connectivity index (χ2v) is 9.05. The van der Waals surface area contributed by atoms with Gasteiger partial charge < -0.3 is 19.5 Å². The van der Waals surface area contributed by atoms with Gasteiger partial charge >= 0.3 is 12.5 Å². The minimum absolute atomic E-state index is 0.216. The molecule has 1 heterocycles. The van der Waals surface area contributed by atoms with Crippen LogP contribution in [0.2, 0.25) is 0 Å². The second kappa shape index (κ2) is 7.75. The van der Waals surface area contributed by atoms with Crippen molar-refractivity contribution in [3.05, 3.63) is 65.7 Å². The molecule has 2 aromatic rings. The van der Waals surface area contributed by atoms with Crippen molar-refractivity contribution in [2.75, 3.05) is 13.1 Å². The van der Waals surface area contributed by atoms with Gasteiger partial charge in [-0.15, -0.1) is 13.2 Å². The quantitative estimate of drug-likeness (QED) is 0.725. The van der Waals surface area contributed by atoms with Crippen LogP contribution in [-0.2, 0) is 10.3 Å². The number of benzene rings is 2. The number of rotatable bonds is 4. The van der Waals surface area contributed by atoms with Gasteiger partial charge in [-0.25, -0.2) is 4.79 Å². The number of hydrogen-bond donors (Lipinski definition) is 1. The summed E-state index contributed by atoms with van der Waals surface area (Å²) in [6.45, 7) is 7.58. The molecule has 1 atom stereocenters. The molecular weight excluding hydrogens is 411 g/mol. The van der Waals surface area contributed by atoms with Gasteiger partial charge in [-0.05, 0) is 44.0 Å². The van der Waals surface area contributed by atoms with Gasteiger partial charge in [-0.2, -0.15) is 0 Å². The van der Waals surface area contributed by atoms with Crippen molar-refractivity contribution in [3.8, 4) is 5.75 Å². The van der Waals surface area contributed by atoms with Crippen molar-refractivity contribution in [1.82, 2.24) is 4.90 Å². The number of aliphatic hydroxyl groups is 1. The highest BCUT2D eigenvalue weighted by Gasteiger charge is 2.57. The van der Waals surface area contributed by atoms with Gasteiger partial charge in [-0.3, -0.25) is 0 Å². The number of ether oxygens (including phenoxy) is 2. The number of nitrogens with zero attached hydrogens (tertiary/aromatic N) is 1. The number of likely N-dealkylation sites (tertiary alicyclic amines) is 1. The molecule has 1 aliphatic rings. The van der Waals surface area contributed by atoms with Crippen LogP contribution in [0.15, 0.2) is 54.6 Å². The number of halogens is 3. The summed E-state index contributed by atoms with van der Waals surface area (Å²) >= 11 is 0. The van der Waals surface area contributed by atoms with Crippen LogP contribution in [0.1, 0.15) is 38.8 Å². The van der Waals surface area contributed by atoms with Gasteiger partial charge in [0.1, 0.15) is 17.0 Å². The zero-order chi connectivity index (χ0) is 23.1. The number of hydrogen-bond acceptors (Lipinski definition) is 4. The molecule has 0 aliphatic carbocycles. The largest absolute Gasteiger partial charge is 0.573 e. The fraction of sp³-hybridized carbons (Fsp3) is 0.435. The van der Waals surface area contributed by atoms with E-state index in [2.05, 4.69) is 4.74 Å². The smallest absolute Gasteiger partial charge is 0.444 e. The molecule has 0 radical (unpaired) electrons. The first-order valence-electron chi connectivity index (χ1n) is 9.86. The van der Waals surface area contributed by atoms with E-state index < -0.39 is 29.1 Å². The Balaban J connectivity index is 1.92. The van der Waals surface area contributed by atoms with Crippen molar-refractivity contribution in [2.24, 2.45) is 5.41 Å². The lowest BCUT2D eigenvalue weighted by atomic mass is 9.62. The third-order valence-electron chi connectivity index (χ3n) is 5.30. The van der Waals surface area contributed by atoms with Crippen molar-refractivity contribution in [2.45, 2.75) is 45.3 Å². The van der Waals surface area contributed by atoms with Gasteiger partial charge in [-0.1, -0.05) is 49.4 Å². The molecule has 1 fully saturated rings. The van der Waals surface area contributed by atoms with Crippen molar-refractivity contribution < 1.29 is 32.5 Å². The molecule has 0 spiro atoms. The maximum Gasteiger partial charge on any atom is 0.573 e. The Morgan fingerprint density at radius 1 is 0.968 bits per heavy atom. The predicted molar refractivity (Wildman–Crippen MR) is 108 cm³/mol. The van der Waals surface area contributed by atoms with Crippen LogP contribution in [0.25, 0.3) is 0 Å². The monoisotopic (exact) mass is 437 g/mol. The van der Waals surface area contributed by atoms with Crippen LogP contribution < -0.4 is 4.74 Å². The zero-order valence-corrected chi connectivity index (χ0v) is 17.9. The Morgan fingerprint density at radius 3 is 1.97 bits per heavy atom. The first-order chi connectivity index (χ1) is 14.2. The normalized spacial score (nSPS) is 18.0. The summed E-state index contributed by atoms with van der Waals surface area (Å²) < 4.78 is 46.9. The van der Waals surface area contributed by atoms with Crippen LogP contribution >= 0.6 is 0 Å². The van der Waals surface area contributed by atoms with E-state index in [1.54, 1.807) is 51.1 Å². The molecule has 1 saturated heterocycles. The molecule has 1 amide bonds. The highest BCUT2D eigenvalue weighted by Crippen LogP contribution is 2.51. The van der Waals surface area contributed by atoms with Gasteiger partial charge in [0.15, 0.2) is 0 Å². The molecule has 1 aliphatic heterocycles. The Morgan fingerprint density at radius 2 is 1.48 bits per heavy atom. The molecule has 0 saturated carbocycles. The average molecular weight is 437 g/mol. The summed E-state index contributed by atoms with van der Waals surface area (Å²) in [5.74, 6) is -0.374. The van der Waals surface area contributed by atoms with E-state index in [0.717, 1.165) is 0 Å². The molecule has 0 aromatic heterocycles. The molecule has 1 unspecified atom stereocenters. The van der Waals surface area contributed by atoms with Gasteiger partial charge in [0.25, 0.3) is 0 Å². The van der Waals surface area contributed by atoms with Crippen LogP contribution in [-0.4, -0.2) is 41.2 Å². The standard InChI is InChI=1S/C23H26F3NO4/c1-20(2,3)31-19(28)27-14-21(4,15-27)22(29,16-8-6-5-7-9-16)17-10-12-18(13-11-17)30-23(24,25)26/h5-13,29H,14-15H2,1-4H3. The second-order valence-electron chi connectivity index (χ2n) is 9.05. The number of amides is 1. The Labute approximate surface area is 179 Å². The molecular formula is C23H26F3NO4. The molecule has 5 nitrogen and oxygen atoms in total. The van der Waals surface area contributed by atoms with E-state index in [1.165, 1.54) is 29.2 Å². The zero-order valence-electron chi connectivity index (χ0n) is 17.9. The summed E-state index contributed by atoms with van der Waals surface area (Å²) in [5.41, 5.74) is -2.01. The predicted octanol–water partition coefficient (Wildman–Crippen LogP) is 5.08. The number of carbonyl (C=O) groups excluding carboxylic acids is 1. The van der Waals surface area contributed by atoms with Crippen LogP contribution in [0.4, 0.5) is 18.0 Å². The van der Waals surface area contributed by atoms with Gasteiger partial charge in [0, 0.05) is 18.5 Å². The Kier molecular flexibility index (Phi) is 5.73. The summed E-state index contributed by atoms with van der Waals surface area (Å²) in [5, 5.41) is 11.9. The minimum Gasteiger partial charge on any atom is -0.444 e. The van der Waals surface area contributed by atoms with Crippen molar-refractivity contribution >= 4 is 6.09 Å². The first-order valence-corrected chi connectivity index (χ1v) is 9.86. The molecule has 0 bridgehead atoms. The lowest BCUT2D eigenvalue weighted by Gasteiger charge is -2.56. The van der Waals surface area contributed by atoms with E-state index in [0.29, 0.717) is 11.1 Å². The number of carbonyl (C=O) groups is 1. The van der Waals surface area contributed by atoms with Gasteiger partial charge in [0.2, 0.25) is 0 Å². The molecule has 2 aromatic carbocycles. The molecule has 8 heteroatoms. The van der Waals surface area contributed by atoms with Crippen LogP contribution in [0.5, 0.6) is 5.75 Å². The fourth-order valence-electron chi connectivity index (χ4n) is 3.92. The summed E-state index contributed by atoms with van der Waals surface area (Å²) in [6, 6.07) is 14.0. The highest BCUT2D eigenvalue weighted by molar-refractivity contribution is 5.70. The van der Waals surface area contributed by atoms with Crippen molar-refractivity contribution in [3.63, 3.8) is 0 Å². The van der Waals surface area contributed by atoms with Crippen LogP contribution in [0, 0.1) is 5.41 Å². The maximum absolute atomic E-state index is 12.5. The maximum atomic E-state index is 12.5. The lowest BCUT2D eigenvalue weighted by molar-refractivity contribution is -0.274. The molecule has 1 N–H and O–H groups in total. The number of alkyl halides is 3. The van der Waals surface area contributed by atoms with Crippen molar-refractivity contribution in [1.29, 1.82) is 0 Å². The summed E-state index contributed by atoms with van der Waals surface area (Å²) in [6.07, 6.45) is -5.28. The Bertz CT molecular complexity index is 917. The minimum atomic E-state index is -4.80. The van der Waals surface area contributed by atoms with E-state index >= 15 is 0 Å². The summed E-state index contributed by atoms with van der Waals surface area (Å²) in [7, 11) is 0. The molecule has 31 heavy (non-hydrogen) atoms. The Hall–Kier alpha value is -2.74. The van der Waals surface area contributed by atoms with E-state index in [-0.39, 0.29) is 18.8 Å². The van der Waals surface area contributed by atoms with Crippen LogP contribution in [0.3, 0.4) is 0 Å². The fourth-order valence-corrected chi connectivity index (χ4v) is 3.92. The van der Waals surface area contributed by atoms with E-state index in [9.17, 15) is 23.1 Å². The van der Waals surface area contributed by atoms with Gasteiger partial charge in [0.05, 0.1) is 0 Å². The lowest BCUT2D eigenvalue weighted by Crippen LogP contribution is -2.66. The third-order valence-corrected chi connectivity index (χ3v) is 5.30. The third kappa shape index (κ3) is 4.79. The first kappa shape index (κ1) is 22.9. The molecule has 3 rings (SSSR count).